The lowest BCUT2D eigenvalue weighted by Crippen LogP contribution is -2.29. The number of rotatable bonds is 5. The molecule has 3 heterocycles. The molecule has 1 aliphatic carbocycles. The molecule has 4 rings (SSSR count). The SMILES string of the molecule is Oc1ccc([C@@H](O)CN2CC3CC(Oc4cccnc4F)C[C@@H]3C2)nc1. The van der Waals surface area contributed by atoms with Gasteiger partial charge in [-0.15, -0.1) is 0 Å². The number of aromatic hydroxyl groups is 1. The number of pyridine rings is 2. The Hall–Kier alpha value is -2.25. The van der Waals surface area contributed by atoms with Crippen molar-refractivity contribution in [1.82, 2.24) is 14.9 Å². The van der Waals surface area contributed by atoms with Crippen molar-refractivity contribution in [2.75, 3.05) is 19.6 Å². The van der Waals surface area contributed by atoms with E-state index in [2.05, 4.69) is 14.9 Å². The molecule has 138 valence electrons. The molecule has 2 aromatic rings. The second-order valence-corrected chi connectivity index (χ2v) is 7.20. The molecule has 1 saturated heterocycles. The second-order valence-electron chi connectivity index (χ2n) is 7.20. The van der Waals surface area contributed by atoms with Gasteiger partial charge in [0.1, 0.15) is 11.9 Å². The Bertz CT molecular complexity index is 744. The van der Waals surface area contributed by atoms with Crippen molar-refractivity contribution in [3.63, 3.8) is 0 Å². The highest BCUT2D eigenvalue weighted by molar-refractivity contribution is 5.20. The maximum absolute atomic E-state index is 13.6. The van der Waals surface area contributed by atoms with Crippen LogP contribution in [-0.4, -0.2) is 50.8 Å². The van der Waals surface area contributed by atoms with E-state index >= 15 is 0 Å². The van der Waals surface area contributed by atoms with E-state index in [1.165, 1.54) is 18.5 Å². The highest BCUT2D eigenvalue weighted by Crippen LogP contribution is 2.40. The minimum absolute atomic E-state index is 0.0227. The Morgan fingerprint density at radius 2 is 1.96 bits per heavy atom. The molecular weight excluding hydrogens is 337 g/mol. The zero-order valence-electron chi connectivity index (χ0n) is 14.3. The molecule has 2 aromatic heterocycles. The van der Waals surface area contributed by atoms with Crippen LogP contribution >= 0.6 is 0 Å². The van der Waals surface area contributed by atoms with E-state index in [0.717, 1.165) is 25.9 Å². The smallest absolute Gasteiger partial charge is 0.255 e. The molecule has 1 aliphatic heterocycles. The van der Waals surface area contributed by atoms with Gasteiger partial charge in [-0.3, -0.25) is 9.88 Å². The third-order valence-electron chi connectivity index (χ3n) is 5.35. The second kappa shape index (κ2) is 7.17. The van der Waals surface area contributed by atoms with Crippen molar-refractivity contribution in [2.24, 2.45) is 11.8 Å². The predicted octanol–water partition coefficient (Wildman–Crippen LogP) is 2.14. The highest BCUT2D eigenvalue weighted by Gasteiger charge is 2.42. The first-order chi connectivity index (χ1) is 12.6. The first-order valence-electron chi connectivity index (χ1n) is 8.91. The van der Waals surface area contributed by atoms with E-state index in [1.807, 2.05) is 0 Å². The monoisotopic (exact) mass is 359 g/mol. The molecule has 0 spiro atoms. The zero-order chi connectivity index (χ0) is 18.1. The molecular formula is C19H22FN3O3. The molecule has 2 aliphatic rings. The number of nitrogens with zero attached hydrogens (tertiary/aromatic N) is 3. The third kappa shape index (κ3) is 3.64. The highest BCUT2D eigenvalue weighted by atomic mass is 19.1. The van der Waals surface area contributed by atoms with Gasteiger partial charge in [-0.05, 0) is 48.9 Å². The number of aromatic nitrogens is 2. The standard InChI is InChI=1S/C19H22FN3O3/c20-19-18(2-1-5-21-19)26-15-6-12-9-23(10-13(12)7-15)11-17(25)16-4-3-14(24)8-22-16/h1-5,8,12-13,15,17,24-25H,6-7,9-11H2/t12-,13?,15?,17+/m1/s1. The fraction of sp³-hybridized carbons (Fsp3) is 0.474. The Balaban J connectivity index is 1.29. The van der Waals surface area contributed by atoms with Crippen LogP contribution in [0.3, 0.4) is 0 Å². The lowest BCUT2D eigenvalue weighted by molar-refractivity contribution is 0.112. The summed E-state index contributed by atoms with van der Waals surface area (Å²) in [5.41, 5.74) is 0.563. The number of aliphatic hydroxyl groups is 1. The fourth-order valence-electron chi connectivity index (χ4n) is 4.16. The molecule has 1 saturated carbocycles. The zero-order valence-corrected chi connectivity index (χ0v) is 14.3. The summed E-state index contributed by atoms with van der Waals surface area (Å²) in [6, 6.07) is 6.46. The Labute approximate surface area is 151 Å². The van der Waals surface area contributed by atoms with E-state index < -0.39 is 12.1 Å². The maximum atomic E-state index is 13.6. The van der Waals surface area contributed by atoms with Gasteiger partial charge in [0.2, 0.25) is 0 Å². The Morgan fingerprint density at radius 1 is 1.19 bits per heavy atom. The molecule has 2 N–H and O–H groups in total. The summed E-state index contributed by atoms with van der Waals surface area (Å²) in [5, 5.41) is 19.6. The summed E-state index contributed by atoms with van der Waals surface area (Å²) in [7, 11) is 0. The molecule has 26 heavy (non-hydrogen) atoms. The van der Waals surface area contributed by atoms with Gasteiger partial charge in [0.05, 0.1) is 18.0 Å². The average molecular weight is 359 g/mol. The van der Waals surface area contributed by atoms with Gasteiger partial charge in [0.15, 0.2) is 5.75 Å². The third-order valence-corrected chi connectivity index (χ3v) is 5.35. The fourth-order valence-corrected chi connectivity index (χ4v) is 4.16. The van der Waals surface area contributed by atoms with Crippen molar-refractivity contribution < 1.29 is 19.3 Å². The van der Waals surface area contributed by atoms with Crippen LogP contribution in [0.2, 0.25) is 0 Å². The number of likely N-dealkylation sites (tertiary alicyclic amines) is 1. The normalized spacial score (nSPS) is 26.6. The van der Waals surface area contributed by atoms with Crippen LogP contribution in [0.15, 0.2) is 36.7 Å². The van der Waals surface area contributed by atoms with Gasteiger partial charge in [-0.1, -0.05) is 0 Å². The van der Waals surface area contributed by atoms with Crippen LogP contribution in [0.4, 0.5) is 4.39 Å². The Morgan fingerprint density at radius 3 is 2.62 bits per heavy atom. The van der Waals surface area contributed by atoms with Crippen LogP contribution < -0.4 is 4.74 Å². The number of hydrogen-bond donors (Lipinski definition) is 2. The number of halogens is 1. The van der Waals surface area contributed by atoms with Gasteiger partial charge in [-0.2, -0.15) is 4.39 Å². The number of fused-ring (bicyclic) bond motifs is 1. The molecule has 2 unspecified atom stereocenters. The van der Waals surface area contributed by atoms with Crippen molar-refractivity contribution in [2.45, 2.75) is 25.0 Å². The topological polar surface area (TPSA) is 78.7 Å². The molecule has 6 nitrogen and oxygen atoms in total. The summed E-state index contributed by atoms with van der Waals surface area (Å²) < 4.78 is 19.4. The number of hydrogen-bond acceptors (Lipinski definition) is 6. The first-order valence-corrected chi connectivity index (χ1v) is 8.91. The van der Waals surface area contributed by atoms with Crippen LogP contribution in [-0.2, 0) is 0 Å². The lowest BCUT2D eigenvalue weighted by atomic mass is 10.0. The van der Waals surface area contributed by atoms with Crippen LogP contribution in [0, 0.1) is 17.8 Å². The van der Waals surface area contributed by atoms with Crippen molar-refractivity contribution in [3.05, 3.63) is 48.3 Å². The summed E-state index contributed by atoms with van der Waals surface area (Å²) >= 11 is 0. The van der Waals surface area contributed by atoms with Gasteiger partial charge in [0, 0.05) is 25.8 Å². The van der Waals surface area contributed by atoms with Crippen molar-refractivity contribution in [1.29, 1.82) is 0 Å². The summed E-state index contributed by atoms with van der Waals surface area (Å²) in [5.74, 6) is 0.756. The molecule has 0 radical (unpaired) electrons. The molecule has 7 heteroatoms. The van der Waals surface area contributed by atoms with Crippen LogP contribution in [0.5, 0.6) is 11.5 Å². The van der Waals surface area contributed by atoms with E-state index in [1.54, 1.807) is 18.2 Å². The molecule has 4 atom stereocenters. The molecule has 0 amide bonds. The number of β-amino-alcohol motifs (C(OH)–C–C–N with tert-alkyl or cyclic N) is 1. The van der Waals surface area contributed by atoms with Crippen molar-refractivity contribution >= 4 is 0 Å². The summed E-state index contributed by atoms with van der Waals surface area (Å²) in [6.07, 6.45) is 3.89. The van der Waals surface area contributed by atoms with E-state index in [0.29, 0.717) is 24.1 Å². The lowest BCUT2D eigenvalue weighted by Gasteiger charge is -2.22. The predicted molar refractivity (Wildman–Crippen MR) is 92.1 cm³/mol. The van der Waals surface area contributed by atoms with Crippen LogP contribution in [0.1, 0.15) is 24.6 Å². The van der Waals surface area contributed by atoms with Gasteiger partial charge < -0.3 is 14.9 Å². The summed E-state index contributed by atoms with van der Waals surface area (Å²) in [4.78, 5) is 9.94. The van der Waals surface area contributed by atoms with Crippen LogP contribution in [0.25, 0.3) is 0 Å². The number of aliphatic hydroxyl groups excluding tert-OH is 1. The quantitative estimate of drug-likeness (QED) is 0.797. The van der Waals surface area contributed by atoms with Gasteiger partial charge in [-0.25, -0.2) is 4.98 Å². The van der Waals surface area contributed by atoms with Gasteiger partial charge in [0.25, 0.3) is 5.95 Å². The van der Waals surface area contributed by atoms with E-state index in [9.17, 15) is 14.6 Å². The first kappa shape index (κ1) is 17.2. The minimum Gasteiger partial charge on any atom is -0.506 e. The molecule has 2 fully saturated rings. The number of ether oxygens (including phenoxy) is 1. The molecule has 0 aromatic carbocycles. The van der Waals surface area contributed by atoms with E-state index in [-0.39, 0.29) is 17.6 Å². The summed E-state index contributed by atoms with van der Waals surface area (Å²) in [6.45, 7) is 2.32. The maximum Gasteiger partial charge on any atom is 0.255 e. The molecule has 0 bridgehead atoms. The van der Waals surface area contributed by atoms with Gasteiger partial charge >= 0.3 is 0 Å². The minimum atomic E-state index is -0.675. The average Bonchev–Trinajstić information content (AvgIpc) is 3.15. The Kier molecular flexibility index (Phi) is 4.74. The largest absolute Gasteiger partial charge is 0.506 e. The van der Waals surface area contributed by atoms with E-state index in [4.69, 9.17) is 4.74 Å². The van der Waals surface area contributed by atoms with Crippen molar-refractivity contribution in [3.8, 4) is 11.5 Å².